The van der Waals surface area contributed by atoms with Crippen molar-refractivity contribution in [3.63, 3.8) is 0 Å². The predicted octanol–water partition coefficient (Wildman–Crippen LogP) is 1.62. The zero-order chi connectivity index (χ0) is 18.3. The quantitative estimate of drug-likeness (QED) is 0.654. The van der Waals surface area contributed by atoms with Crippen LogP contribution in [0.2, 0.25) is 0 Å². The fraction of sp³-hybridized carbons (Fsp3) is 0.500. The van der Waals surface area contributed by atoms with Crippen LogP contribution in [-0.2, 0) is 14.8 Å². The first-order valence-corrected chi connectivity index (χ1v) is 9.13. The third-order valence-corrected chi connectivity index (χ3v) is 5.40. The minimum Gasteiger partial charge on any atom is -0.481 e. The lowest BCUT2D eigenvalue weighted by Crippen LogP contribution is -2.26. The number of aryl methyl sites for hydroxylation is 1. The van der Waals surface area contributed by atoms with E-state index >= 15 is 0 Å². The highest BCUT2D eigenvalue weighted by Gasteiger charge is 2.20. The second-order valence-corrected chi connectivity index (χ2v) is 7.88. The highest BCUT2D eigenvalue weighted by atomic mass is 32.2. The average molecular weight is 356 g/mol. The maximum absolute atomic E-state index is 12.2. The minimum atomic E-state index is -3.59. The van der Waals surface area contributed by atoms with E-state index in [1.807, 2.05) is 0 Å². The molecular weight excluding hydrogens is 332 g/mol. The fourth-order valence-electron chi connectivity index (χ4n) is 2.09. The normalized spacial score (nSPS) is 11.5. The van der Waals surface area contributed by atoms with Crippen LogP contribution in [0.25, 0.3) is 0 Å². The van der Waals surface area contributed by atoms with Gasteiger partial charge in [-0.3, -0.25) is 9.59 Å². The first kappa shape index (κ1) is 20.1. The number of nitrogens with zero attached hydrogens (tertiary/aromatic N) is 1. The summed E-state index contributed by atoms with van der Waals surface area (Å²) in [7, 11) is -0.719. The van der Waals surface area contributed by atoms with Crippen LogP contribution in [0.15, 0.2) is 23.1 Å². The van der Waals surface area contributed by atoms with Crippen LogP contribution in [0, 0.1) is 6.92 Å². The van der Waals surface area contributed by atoms with Crippen molar-refractivity contribution in [2.75, 3.05) is 20.6 Å². The van der Waals surface area contributed by atoms with Gasteiger partial charge in [-0.25, -0.2) is 12.7 Å². The third kappa shape index (κ3) is 5.61. The van der Waals surface area contributed by atoms with E-state index in [2.05, 4.69) is 5.32 Å². The Labute approximate surface area is 142 Å². The van der Waals surface area contributed by atoms with E-state index in [0.29, 0.717) is 36.9 Å². The Morgan fingerprint density at radius 1 is 1.17 bits per heavy atom. The topological polar surface area (TPSA) is 104 Å². The zero-order valence-electron chi connectivity index (χ0n) is 14.2. The Hall–Kier alpha value is -1.93. The van der Waals surface area contributed by atoms with Crippen molar-refractivity contribution in [3.05, 3.63) is 29.3 Å². The molecule has 0 heterocycles. The number of sulfonamides is 1. The molecule has 1 rings (SSSR count). The van der Waals surface area contributed by atoms with Gasteiger partial charge in [-0.05, 0) is 37.5 Å². The van der Waals surface area contributed by atoms with Crippen molar-refractivity contribution in [2.24, 2.45) is 0 Å². The summed E-state index contributed by atoms with van der Waals surface area (Å²) in [4.78, 5) is 22.7. The van der Waals surface area contributed by atoms with Gasteiger partial charge in [-0.1, -0.05) is 12.5 Å². The Kier molecular flexibility index (Phi) is 7.37. The number of hydrogen-bond acceptors (Lipinski definition) is 4. The van der Waals surface area contributed by atoms with Crippen molar-refractivity contribution in [3.8, 4) is 0 Å². The summed E-state index contributed by atoms with van der Waals surface area (Å²) in [5.74, 6) is -1.16. The van der Waals surface area contributed by atoms with Gasteiger partial charge in [-0.2, -0.15) is 0 Å². The fourth-order valence-corrected chi connectivity index (χ4v) is 3.02. The molecule has 24 heavy (non-hydrogen) atoms. The molecule has 0 fully saturated rings. The molecule has 0 atom stereocenters. The number of carbonyl (C=O) groups excluding carboxylic acids is 1. The van der Waals surface area contributed by atoms with Crippen LogP contribution in [0.1, 0.15) is 41.6 Å². The minimum absolute atomic E-state index is 0.0738. The van der Waals surface area contributed by atoms with Crippen LogP contribution in [-0.4, -0.2) is 50.3 Å². The van der Waals surface area contributed by atoms with Crippen LogP contribution < -0.4 is 5.32 Å². The Balaban J connectivity index is 2.69. The van der Waals surface area contributed by atoms with Crippen molar-refractivity contribution in [2.45, 2.75) is 37.5 Å². The van der Waals surface area contributed by atoms with E-state index in [4.69, 9.17) is 5.11 Å². The Morgan fingerprint density at radius 2 is 1.83 bits per heavy atom. The molecule has 8 heteroatoms. The van der Waals surface area contributed by atoms with E-state index in [0.717, 1.165) is 4.31 Å². The molecule has 0 saturated heterocycles. The average Bonchev–Trinajstić information content (AvgIpc) is 2.50. The van der Waals surface area contributed by atoms with Gasteiger partial charge in [0.25, 0.3) is 5.91 Å². The summed E-state index contributed by atoms with van der Waals surface area (Å²) in [5.41, 5.74) is 1.01. The van der Waals surface area contributed by atoms with E-state index < -0.39 is 16.0 Å². The molecule has 0 unspecified atom stereocenters. The van der Waals surface area contributed by atoms with Crippen LogP contribution in [0.4, 0.5) is 0 Å². The number of unbranched alkanes of at least 4 members (excludes halogenated alkanes) is 2. The number of amides is 1. The summed E-state index contributed by atoms with van der Waals surface area (Å²) in [6, 6.07) is 4.47. The molecular formula is C16H24N2O5S. The molecule has 0 aromatic heterocycles. The number of carboxylic acids is 1. The Bertz CT molecular complexity index is 698. The smallest absolute Gasteiger partial charge is 0.303 e. The molecule has 0 radical (unpaired) electrons. The highest BCUT2D eigenvalue weighted by molar-refractivity contribution is 7.89. The molecule has 1 amide bonds. The summed E-state index contributed by atoms with van der Waals surface area (Å²) in [6.07, 6.45) is 2.08. The first-order chi connectivity index (χ1) is 11.2. The van der Waals surface area contributed by atoms with Crippen LogP contribution >= 0.6 is 0 Å². The van der Waals surface area contributed by atoms with E-state index in [-0.39, 0.29) is 17.2 Å². The summed E-state index contributed by atoms with van der Waals surface area (Å²) >= 11 is 0. The monoisotopic (exact) mass is 356 g/mol. The molecule has 0 saturated carbocycles. The van der Waals surface area contributed by atoms with Crippen molar-refractivity contribution in [1.29, 1.82) is 0 Å². The van der Waals surface area contributed by atoms with Crippen LogP contribution in [0.3, 0.4) is 0 Å². The van der Waals surface area contributed by atoms with Crippen molar-refractivity contribution < 1.29 is 23.1 Å². The second-order valence-electron chi connectivity index (χ2n) is 5.72. The van der Waals surface area contributed by atoms with Gasteiger partial charge in [0.1, 0.15) is 0 Å². The number of nitrogens with one attached hydrogen (secondary N) is 1. The third-order valence-electron chi connectivity index (χ3n) is 3.59. The molecule has 1 aromatic rings. The molecule has 7 nitrogen and oxygen atoms in total. The van der Waals surface area contributed by atoms with Gasteiger partial charge in [0.2, 0.25) is 10.0 Å². The van der Waals surface area contributed by atoms with Gasteiger partial charge >= 0.3 is 5.97 Å². The van der Waals surface area contributed by atoms with Gasteiger partial charge in [0.15, 0.2) is 0 Å². The summed E-state index contributed by atoms with van der Waals surface area (Å²) in [5, 5.41) is 11.3. The maximum atomic E-state index is 12.2. The zero-order valence-corrected chi connectivity index (χ0v) is 15.0. The molecule has 0 aliphatic carbocycles. The summed E-state index contributed by atoms with van der Waals surface area (Å²) < 4.78 is 25.4. The van der Waals surface area contributed by atoms with E-state index in [1.54, 1.807) is 13.0 Å². The largest absolute Gasteiger partial charge is 0.481 e. The standard InChI is InChI=1S/C16H24N2O5S/c1-12-8-9-13(24(22,23)18(2)3)11-14(12)16(21)17-10-6-4-5-7-15(19)20/h8-9,11H,4-7,10H2,1-3H3,(H,17,21)(H,19,20). The predicted molar refractivity (Wildman–Crippen MR) is 90.5 cm³/mol. The highest BCUT2D eigenvalue weighted by Crippen LogP contribution is 2.18. The molecule has 0 spiro atoms. The lowest BCUT2D eigenvalue weighted by atomic mass is 10.1. The lowest BCUT2D eigenvalue weighted by Gasteiger charge is -2.14. The van der Waals surface area contributed by atoms with E-state index in [1.165, 1.54) is 26.2 Å². The molecule has 1 aromatic carbocycles. The van der Waals surface area contributed by atoms with Gasteiger partial charge in [-0.15, -0.1) is 0 Å². The number of benzene rings is 1. The molecule has 2 N–H and O–H groups in total. The van der Waals surface area contributed by atoms with Gasteiger partial charge in [0, 0.05) is 32.6 Å². The number of rotatable bonds is 9. The first-order valence-electron chi connectivity index (χ1n) is 7.69. The van der Waals surface area contributed by atoms with Gasteiger partial charge in [0.05, 0.1) is 4.90 Å². The molecule has 0 aliphatic rings. The number of aliphatic carboxylic acids is 1. The number of carbonyl (C=O) groups is 2. The van der Waals surface area contributed by atoms with Crippen molar-refractivity contribution >= 4 is 21.9 Å². The van der Waals surface area contributed by atoms with Crippen molar-refractivity contribution in [1.82, 2.24) is 9.62 Å². The van der Waals surface area contributed by atoms with E-state index in [9.17, 15) is 18.0 Å². The number of hydrogen-bond donors (Lipinski definition) is 2. The summed E-state index contributed by atoms with van der Waals surface area (Å²) in [6.45, 7) is 2.16. The maximum Gasteiger partial charge on any atom is 0.303 e. The number of carboxylic acid groups (broad SMARTS) is 1. The second kappa shape index (κ2) is 8.79. The SMILES string of the molecule is Cc1ccc(S(=O)(=O)N(C)C)cc1C(=O)NCCCCCC(=O)O. The molecule has 0 aliphatic heterocycles. The lowest BCUT2D eigenvalue weighted by molar-refractivity contribution is -0.137. The Morgan fingerprint density at radius 3 is 2.42 bits per heavy atom. The van der Waals surface area contributed by atoms with Crippen LogP contribution in [0.5, 0.6) is 0 Å². The molecule has 0 bridgehead atoms. The molecule has 134 valence electrons. The van der Waals surface area contributed by atoms with Gasteiger partial charge < -0.3 is 10.4 Å².